The van der Waals surface area contributed by atoms with E-state index in [2.05, 4.69) is 15.3 Å². The predicted octanol–water partition coefficient (Wildman–Crippen LogP) is 2.05. The molecule has 5 heteroatoms. The summed E-state index contributed by atoms with van der Waals surface area (Å²) in [4.78, 5) is 8.03. The highest BCUT2D eigenvalue weighted by atomic mass is 16.5. The van der Waals surface area contributed by atoms with Crippen molar-refractivity contribution in [1.29, 1.82) is 5.26 Å². The molecule has 0 spiro atoms. The lowest BCUT2D eigenvalue weighted by molar-refractivity contribution is 0.415. The van der Waals surface area contributed by atoms with E-state index >= 15 is 0 Å². The first-order valence-corrected chi connectivity index (χ1v) is 4.95. The number of methoxy groups -OCH3 is 1. The Morgan fingerprint density at radius 3 is 2.65 bits per heavy atom. The van der Waals surface area contributed by atoms with Gasteiger partial charge >= 0.3 is 0 Å². The highest BCUT2D eigenvalue weighted by Gasteiger charge is 2.01. The highest BCUT2D eigenvalue weighted by Crippen LogP contribution is 2.22. The van der Waals surface area contributed by atoms with Gasteiger partial charge < -0.3 is 4.74 Å². The van der Waals surface area contributed by atoms with E-state index in [4.69, 9.17) is 10.00 Å². The van der Waals surface area contributed by atoms with Gasteiger partial charge in [-0.25, -0.2) is 9.97 Å². The molecule has 1 aromatic heterocycles. The Bertz CT molecular complexity index is 545. The maximum Gasteiger partial charge on any atom is 0.236 e. The first-order chi connectivity index (χ1) is 8.33. The van der Waals surface area contributed by atoms with Crippen LogP contribution in [0.5, 0.6) is 5.75 Å². The maximum atomic E-state index is 8.42. The van der Waals surface area contributed by atoms with Crippen LogP contribution >= 0.6 is 0 Å². The molecule has 0 aliphatic rings. The molecule has 0 bridgehead atoms. The number of nitriles is 1. The molecule has 0 radical (unpaired) electrons. The summed E-state index contributed by atoms with van der Waals surface area (Å²) in [6.07, 6.45) is 5.07. The molecule has 2 aromatic rings. The van der Waals surface area contributed by atoms with Gasteiger partial charge in [0.15, 0.2) is 6.19 Å². The van der Waals surface area contributed by atoms with Crippen molar-refractivity contribution in [1.82, 2.24) is 9.97 Å². The Labute approximate surface area is 98.7 Å². The molecule has 0 fully saturated rings. The van der Waals surface area contributed by atoms with Crippen LogP contribution in [0.2, 0.25) is 0 Å². The number of rotatable bonds is 3. The molecule has 0 amide bonds. The monoisotopic (exact) mass is 226 g/mol. The molecule has 0 unspecified atom stereocenters. The summed E-state index contributed by atoms with van der Waals surface area (Å²) in [5.74, 6) is 1.07. The van der Waals surface area contributed by atoms with E-state index in [-0.39, 0.29) is 0 Å². The Hall–Kier alpha value is -2.61. The summed E-state index contributed by atoms with van der Waals surface area (Å²) in [5, 5.41) is 10.8. The molecular formula is C12H10N4O. The molecule has 0 saturated carbocycles. The number of nitrogens with one attached hydrogen (secondary N) is 1. The van der Waals surface area contributed by atoms with Gasteiger partial charge in [0, 0.05) is 18.0 Å². The topological polar surface area (TPSA) is 70.8 Å². The van der Waals surface area contributed by atoms with E-state index in [9.17, 15) is 0 Å². The van der Waals surface area contributed by atoms with E-state index in [0.717, 1.165) is 16.9 Å². The first kappa shape index (κ1) is 10.9. The van der Waals surface area contributed by atoms with Crippen molar-refractivity contribution in [2.45, 2.75) is 0 Å². The third-order valence-electron chi connectivity index (χ3n) is 2.22. The lowest BCUT2D eigenvalue weighted by Gasteiger charge is -2.04. The van der Waals surface area contributed by atoms with Crippen molar-refractivity contribution in [2.75, 3.05) is 12.4 Å². The van der Waals surface area contributed by atoms with Crippen molar-refractivity contribution < 1.29 is 4.74 Å². The molecule has 1 heterocycles. The summed E-state index contributed by atoms with van der Waals surface area (Å²) in [7, 11) is 1.62. The van der Waals surface area contributed by atoms with E-state index in [0.29, 0.717) is 5.95 Å². The molecule has 0 aliphatic heterocycles. The van der Waals surface area contributed by atoms with E-state index in [1.165, 1.54) is 0 Å². The standard InChI is InChI=1S/C12H10N4O/c1-17-11-4-2-3-9(5-11)10-6-14-12(15-7-10)16-8-13/h2-7H,1H3,(H,14,15,16). The first-order valence-electron chi connectivity index (χ1n) is 4.95. The maximum absolute atomic E-state index is 8.42. The van der Waals surface area contributed by atoms with Gasteiger partial charge in [-0.3, -0.25) is 5.32 Å². The molecule has 0 aliphatic carbocycles. The molecule has 2 rings (SSSR count). The van der Waals surface area contributed by atoms with Gasteiger partial charge in [0.25, 0.3) is 0 Å². The van der Waals surface area contributed by atoms with Gasteiger partial charge in [0.1, 0.15) is 5.75 Å². The molecule has 0 saturated heterocycles. The highest BCUT2D eigenvalue weighted by molar-refractivity contribution is 5.63. The van der Waals surface area contributed by atoms with Crippen LogP contribution in [0.4, 0.5) is 5.95 Å². The van der Waals surface area contributed by atoms with Crippen molar-refractivity contribution in [3.8, 4) is 23.1 Å². The Morgan fingerprint density at radius 2 is 2.00 bits per heavy atom. The van der Waals surface area contributed by atoms with Crippen molar-refractivity contribution in [3.05, 3.63) is 36.7 Å². The summed E-state index contributed by atoms with van der Waals surface area (Å²) in [5.41, 5.74) is 1.83. The van der Waals surface area contributed by atoms with Crippen LogP contribution in [0.1, 0.15) is 0 Å². The quantitative estimate of drug-likeness (QED) is 0.640. The fraction of sp³-hybridized carbons (Fsp3) is 0.0833. The summed E-state index contributed by atoms with van der Waals surface area (Å²) in [6.45, 7) is 0. The molecule has 1 aromatic carbocycles. The van der Waals surface area contributed by atoms with E-state index in [1.54, 1.807) is 25.7 Å². The second-order valence-corrected chi connectivity index (χ2v) is 3.26. The zero-order valence-electron chi connectivity index (χ0n) is 9.21. The van der Waals surface area contributed by atoms with Gasteiger partial charge in [0.2, 0.25) is 5.95 Å². The zero-order valence-corrected chi connectivity index (χ0v) is 9.21. The van der Waals surface area contributed by atoms with Crippen molar-refractivity contribution in [2.24, 2.45) is 0 Å². The number of hydrogen-bond acceptors (Lipinski definition) is 5. The number of hydrogen-bond donors (Lipinski definition) is 1. The Kier molecular flexibility index (Phi) is 3.17. The van der Waals surface area contributed by atoms with Crippen LogP contribution in [0.15, 0.2) is 36.7 Å². The third-order valence-corrected chi connectivity index (χ3v) is 2.22. The molecular weight excluding hydrogens is 216 g/mol. The summed E-state index contributed by atoms with van der Waals surface area (Å²) in [6, 6.07) is 7.61. The van der Waals surface area contributed by atoms with Crippen LogP contribution in [0.25, 0.3) is 11.1 Å². The predicted molar refractivity (Wildman–Crippen MR) is 63.3 cm³/mol. The molecule has 84 valence electrons. The summed E-state index contributed by atoms with van der Waals surface area (Å²) >= 11 is 0. The number of aromatic nitrogens is 2. The molecule has 5 nitrogen and oxygen atoms in total. The summed E-state index contributed by atoms with van der Waals surface area (Å²) < 4.78 is 5.14. The van der Waals surface area contributed by atoms with Crippen LogP contribution in [0, 0.1) is 11.5 Å². The normalized spacial score (nSPS) is 9.41. The largest absolute Gasteiger partial charge is 0.497 e. The number of anilines is 1. The second kappa shape index (κ2) is 4.94. The third kappa shape index (κ3) is 2.49. The average Bonchev–Trinajstić information content (AvgIpc) is 2.40. The second-order valence-electron chi connectivity index (χ2n) is 3.26. The van der Waals surface area contributed by atoms with E-state index < -0.39 is 0 Å². The number of ether oxygens (including phenoxy) is 1. The lowest BCUT2D eigenvalue weighted by atomic mass is 10.1. The van der Waals surface area contributed by atoms with Gasteiger partial charge in [-0.15, -0.1) is 0 Å². The molecule has 1 N–H and O–H groups in total. The van der Waals surface area contributed by atoms with Crippen LogP contribution in [-0.4, -0.2) is 17.1 Å². The fourth-order valence-electron chi connectivity index (χ4n) is 1.39. The van der Waals surface area contributed by atoms with Gasteiger partial charge in [-0.2, -0.15) is 5.26 Å². The van der Waals surface area contributed by atoms with Crippen LogP contribution in [0.3, 0.4) is 0 Å². The lowest BCUT2D eigenvalue weighted by Crippen LogP contribution is -1.95. The van der Waals surface area contributed by atoms with Gasteiger partial charge in [0.05, 0.1) is 7.11 Å². The fourth-order valence-corrected chi connectivity index (χ4v) is 1.39. The zero-order chi connectivity index (χ0) is 12.1. The number of nitrogens with zero attached hydrogens (tertiary/aromatic N) is 3. The molecule has 0 atom stereocenters. The van der Waals surface area contributed by atoms with Gasteiger partial charge in [-0.05, 0) is 17.7 Å². The van der Waals surface area contributed by atoms with Crippen LogP contribution < -0.4 is 10.1 Å². The van der Waals surface area contributed by atoms with Gasteiger partial charge in [-0.1, -0.05) is 12.1 Å². The minimum atomic E-state index is 0.291. The Balaban J connectivity index is 2.30. The Morgan fingerprint density at radius 1 is 1.24 bits per heavy atom. The van der Waals surface area contributed by atoms with Crippen LogP contribution in [-0.2, 0) is 0 Å². The minimum absolute atomic E-state index is 0.291. The SMILES string of the molecule is COc1cccc(-c2cnc(NC#N)nc2)c1. The smallest absolute Gasteiger partial charge is 0.236 e. The number of benzene rings is 1. The van der Waals surface area contributed by atoms with Crippen molar-refractivity contribution in [3.63, 3.8) is 0 Å². The van der Waals surface area contributed by atoms with Crippen molar-refractivity contribution >= 4 is 5.95 Å². The average molecular weight is 226 g/mol. The minimum Gasteiger partial charge on any atom is -0.497 e. The van der Waals surface area contributed by atoms with E-state index in [1.807, 2.05) is 24.3 Å². The molecule has 17 heavy (non-hydrogen) atoms.